The van der Waals surface area contributed by atoms with E-state index < -0.39 is 0 Å². The van der Waals surface area contributed by atoms with Gasteiger partial charge >= 0.3 is 0 Å². The maximum atomic E-state index is 4.40. The van der Waals surface area contributed by atoms with Gasteiger partial charge in [-0.2, -0.15) is 0 Å². The van der Waals surface area contributed by atoms with Gasteiger partial charge in [-0.1, -0.05) is 0 Å². The Morgan fingerprint density at radius 3 is 2.25 bits per heavy atom. The highest BCUT2D eigenvalue weighted by Gasteiger charge is 2.21. The van der Waals surface area contributed by atoms with E-state index in [0.717, 1.165) is 18.4 Å². The number of halogens is 1. The van der Waals surface area contributed by atoms with Crippen molar-refractivity contribution in [1.82, 2.24) is 20.4 Å². The van der Waals surface area contributed by atoms with Crippen molar-refractivity contribution < 1.29 is 0 Å². The summed E-state index contributed by atoms with van der Waals surface area (Å²) in [7, 11) is 4.11. The van der Waals surface area contributed by atoms with E-state index >= 15 is 0 Å². The lowest BCUT2D eigenvalue weighted by Crippen LogP contribution is -2.50. The molecule has 2 N–H and O–H groups in total. The molecule has 2 fully saturated rings. The summed E-state index contributed by atoms with van der Waals surface area (Å²) >= 11 is 0. The molecule has 0 spiro atoms. The van der Waals surface area contributed by atoms with Crippen LogP contribution in [0.1, 0.15) is 46.0 Å². The van der Waals surface area contributed by atoms with E-state index in [-0.39, 0.29) is 24.0 Å². The van der Waals surface area contributed by atoms with Crippen molar-refractivity contribution in [3.8, 4) is 0 Å². The lowest BCUT2D eigenvalue weighted by Gasteiger charge is -2.35. The van der Waals surface area contributed by atoms with E-state index in [1.54, 1.807) is 0 Å². The average Bonchev–Trinajstić information content (AvgIpc) is 2.56. The Labute approximate surface area is 166 Å². The van der Waals surface area contributed by atoms with Crippen molar-refractivity contribution >= 4 is 29.9 Å². The molecule has 2 aliphatic rings. The number of hydrogen-bond acceptors (Lipinski definition) is 3. The van der Waals surface area contributed by atoms with Gasteiger partial charge in [-0.3, -0.25) is 4.99 Å². The first-order chi connectivity index (χ1) is 11.1. The third-order valence-electron chi connectivity index (χ3n) is 5.51. The van der Waals surface area contributed by atoms with Crippen LogP contribution in [0.4, 0.5) is 0 Å². The summed E-state index contributed by atoms with van der Waals surface area (Å²) < 4.78 is 0. The van der Waals surface area contributed by atoms with Gasteiger partial charge in [0.25, 0.3) is 0 Å². The van der Waals surface area contributed by atoms with Gasteiger partial charge in [0.15, 0.2) is 5.96 Å². The standard InChI is InChI=1S/C18H37N5.HI/c1-15(2)23-13-8-17(9-14-23)21-18(19-3)20-10-5-16-6-11-22(4)12-7-16;/h15-17H,5-14H2,1-4H3,(H2,19,20,21);1H. The van der Waals surface area contributed by atoms with Crippen LogP contribution in [0.2, 0.25) is 0 Å². The van der Waals surface area contributed by atoms with Crippen LogP contribution in [0.25, 0.3) is 0 Å². The van der Waals surface area contributed by atoms with Crippen LogP contribution in [-0.4, -0.2) is 74.7 Å². The zero-order valence-electron chi connectivity index (χ0n) is 16.1. The quantitative estimate of drug-likeness (QED) is 0.383. The fourth-order valence-corrected chi connectivity index (χ4v) is 3.69. The van der Waals surface area contributed by atoms with Gasteiger partial charge in [-0.15, -0.1) is 24.0 Å². The second kappa shape index (κ2) is 11.5. The molecular weight excluding hydrogens is 413 g/mol. The minimum atomic E-state index is 0. The van der Waals surface area contributed by atoms with Crippen molar-refractivity contribution in [3.63, 3.8) is 0 Å². The molecule has 0 saturated carbocycles. The van der Waals surface area contributed by atoms with E-state index in [9.17, 15) is 0 Å². The molecule has 0 amide bonds. The number of rotatable bonds is 5. The van der Waals surface area contributed by atoms with Gasteiger partial charge in [0.1, 0.15) is 0 Å². The predicted molar refractivity (Wildman–Crippen MR) is 114 cm³/mol. The lowest BCUT2D eigenvalue weighted by atomic mass is 9.94. The molecule has 0 unspecified atom stereocenters. The number of aliphatic imine (C=N–C) groups is 1. The summed E-state index contributed by atoms with van der Waals surface area (Å²) in [4.78, 5) is 9.41. The number of piperidine rings is 2. The van der Waals surface area contributed by atoms with Crippen molar-refractivity contribution in [3.05, 3.63) is 0 Å². The van der Waals surface area contributed by atoms with E-state index in [0.29, 0.717) is 12.1 Å². The molecule has 0 radical (unpaired) electrons. The molecule has 2 heterocycles. The molecule has 2 aliphatic heterocycles. The largest absolute Gasteiger partial charge is 0.356 e. The first-order valence-corrected chi connectivity index (χ1v) is 9.48. The number of hydrogen-bond donors (Lipinski definition) is 2. The van der Waals surface area contributed by atoms with E-state index in [2.05, 4.69) is 46.3 Å². The molecule has 0 aromatic carbocycles. The molecule has 2 saturated heterocycles. The SMILES string of the molecule is CN=C(NCCC1CCN(C)CC1)NC1CCN(C(C)C)CC1.I. The number of guanidine groups is 1. The summed E-state index contributed by atoms with van der Waals surface area (Å²) in [5.41, 5.74) is 0. The van der Waals surface area contributed by atoms with Crippen LogP contribution in [0.3, 0.4) is 0 Å². The van der Waals surface area contributed by atoms with Gasteiger partial charge in [-0.25, -0.2) is 0 Å². The molecule has 5 nitrogen and oxygen atoms in total. The Morgan fingerprint density at radius 2 is 1.71 bits per heavy atom. The normalized spacial score (nSPS) is 22.5. The Morgan fingerprint density at radius 1 is 1.08 bits per heavy atom. The van der Waals surface area contributed by atoms with E-state index in [1.807, 2.05) is 7.05 Å². The van der Waals surface area contributed by atoms with Crippen LogP contribution in [0, 0.1) is 5.92 Å². The second-order valence-electron chi connectivity index (χ2n) is 7.58. The summed E-state index contributed by atoms with van der Waals surface area (Å²) in [5.74, 6) is 1.87. The zero-order valence-corrected chi connectivity index (χ0v) is 18.4. The van der Waals surface area contributed by atoms with Gasteiger partial charge < -0.3 is 20.4 Å². The molecule has 24 heavy (non-hydrogen) atoms. The molecule has 0 aromatic rings. The van der Waals surface area contributed by atoms with Crippen LogP contribution in [-0.2, 0) is 0 Å². The Kier molecular flexibility index (Phi) is 10.5. The minimum Gasteiger partial charge on any atom is -0.356 e. The zero-order chi connectivity index (χ0) is 16.7. The maximum absolute atomic E-state index is 4.40. The highest BCUT2D eigenvalue weighted by atomic mass is 127. The first kappa shape index (κ1) is 22.0. The van der Waals surface area contributed by atoms with Crippen molar-refractivity contribution in [2.75, 3.05) is 46.8 Å². The van der Waals surface area contributed by atoms with Gasteiger partial charge in [0.05, 0.1) is 0 Å². The molecule has 142 valence electrons. The number of likely N-dealkylation sites (tertiary alicyclic amines) is 2. The van der Waals surface area contributed by atoms with Crippen LogP contribution in [0.15, 0.2) is 4.99 Å². The summed E-state index contributed by atoms with van der Waals surface area (Å²) in [6.07, 6.45) is 6.39. The fraction of sp³-hybridized carbons (Fsp3) is 0.944. The first-order valence-electron chi connectivity index (χ1n) is 9.48. The molecule has 0 aromatic heterocycles. The highest BCUT2D eigenvalue weighted by Crippen LogP contribution is 2.18. The molecular formula is C18H38IN5. The summed E-state index contributed by atoms with van der Waals surface area (Å²) in [6.45, 7) is 10.5. The second-order valence-corrected chi connectivity index (χ2v) is 7.58. The smallest absolute Gasteiger partial charge is 0.191 e. The van der Waals surface area contributed by atoms with E-state index in [1.165, 1.54) is 58.3 Å². The van der Waals surface area contributed by atoms with Crippen molar-refractivity contribution in [2.45, 2.75) is 58.0 Å². The average molecular weight is 451 g/mol. The van der Waals surface area contributed by atoms with E-state index in [4.69, 9.17) is 0 Å². The number of nitrogens with zero attached hydrogens (tertiary/aromatic N) is 3. The minimum absolute atomic E-state index is 0. The Bertz CT molecular complexity index is 358. The summed E-state index contributed by atoms with van der Waals surface area (Å²) in [5, 5.41) is 7.13. The maximum Gasteiger partial charge on any atom is 0.191 e. The van der Waals surface area contributed by atoms with Gasteiger partial charge in [0, 0.05) is 38.8 Å². The molecule has 0 atom stereocenters. The van der Waals surface area contributed by atoms with Crippen LogP contribution in [0.5, 0.6) is 0 Å². The third-order valence-corrected chi connectivity index (χ3v) is 5.51. The monoisotopic (exact) mass is 451 g/mol. The van der Waals surface area contributed by atoms with Crippen LogP contribution < -0.4 is 10.6 Å². The third kappa shape index (κ3) is 7.44. The predicted octanol–water partition coefficient (Wildman–Crippen LogP) is 2.37. The highest BCUT2D eigenvalue weighted by molar-refractivity contribution is 14.0. The summed E-state index contributed by atoms with van der Waals surface area (Å²) in [6, 6.07) is 1.24. The van der Waals surface area contributed by atoms with Crippen LogP contribution >= 0.6 is 24.0 Å². The molecule has 0 aliphatic carbocycles. The topological polar surface area (TPSA) is 42.9 Å². The number of nitrogens with one attached hydrogen (secondary N) is 2. The Balaban J connectivity index is 0.00000288. The Hall–Kier alpha value is -0.0800. The molecule has 6 heteroatoms. The van der Waals surface area contributed by atoms with Crippen molar-refractivity contribution in [1.29, 1.82) is 0 Å². The van der Waals surface area contributed by atoms with Gasteiger partial charge in [-0.05, 0) is 72.0 Å². The van der Waals surface area contributed by atoms with Crippen molar-refractivity contribution in [2.24, 2.45) is 10.9 Å². The fourth-order valence-electron chi connectivity index (χ4n) is 3.69. The molecule has 0 bridgehead atoms. The lowest BCUT2D eigenvalue weighted by molar-refractivity contribution is 0.167. The molecule has 2 rings (SSSR count). The van der Waals surface area contributed by atoms with Gasteiger partial charge in [0.2, 0.25) is 0 Å².